The lowest BCUT2D eigenvalue weighted by Gasteiger charge is -2.06. The molecule has 2 heteroatoms. The van der Waals surface area contributed by atoms with E-state index in [-0.39, 0.29) is 0 Å². The molecule has 1 rings (SSSR count). The fourth-order valence-corrected chi connectivity index (χ4v) is 1.92. The van der Waals surface area contributed by atoms with Crippen LogP contribution < -0.4 is 0 Å². The van der Waals surface area contributed by atoms with Crippen molar-refractivity contribution in [2.75, 3.05) is 0 Å². The molecule has 0 aromatic carbocycles. The normalized spacial score (nSPS) is 11.5. The smallest absolute Gasteiger partial charge is 0.152 e. The van der Waals surface area contributed by atoms with Crippen LogP contribution in [0.5, 0.6) is 0 Å². The molecule has 1 aromatic rings. The molecule has 0 saturated heterocycles. The summed E-state index contributed by atoms with van der Waals surface area (Å²) < 4.78 is 0. The first kappa shape index (κ1) is 8.72. The Balaban J connectivity index is 2.96. The minimum atomic E-state index is 0.537. The first-order valence-electron chi connectivity index (χ1n) is 3.99. The molecular weight excluding hydrogens is 154 g/mol. The predicted molar refractivity (Wildman–Crippen MR) is 49.1 cm³/mol. The highest BCUT2D eigenvalue weighted by atomic mass is 32.1. The Hall–Kier alpha value is -0.370. The summed E-state index contributed by atoms with van der Waals surface area (Å²) in [6.45, 7) is 8.75. The highest BCUT2D eigenvalue weighted by Crippen LogP contribution is 2.27. The van der Waals surface area contributed by atoms with Crippen LogP contribution in [0.15, 0.2) is 0 Å². The van der Waals surface area contributed by atoms with Gasteiger partial charge >= 0.3 is 0 Å². The highest BCUT2D eigenvalue weighted by Gasteiger charge is 2.12. The molecule has 1 aromatic heterocycles. The van der Waals surface area contributed by atoms with Crippen LogP contribution in [0.4, 0.5) is 0 Å². The van der Waals surface area contributed by atoms with Crippen LogP contribution in [-0.4, -0.2) is 4.98 Å². The van der Waals surface area contributed by atoms with Crippen molar-refractivity contribution in [3.63, 3.8) is 0 Å². The van der Waals surface area contributed by atoms with Crippen molar-refractivity contribution < 1.29 is 0 Å². The minimum Gasteiger partial charge on any atom is -0.238 e. The second-order valence-electron chi connectivity index (χ2n) is 3.36. The zero-order chi connectivity index (χ0) is 8.43. The molecule has 1 nitrogen and oxygen atoms in total. The van der Waals surface area contributed by atoms with Gasteiger partial charge in [-0.2, -0.15) is 0 Å². The van der Waals surface area contributed by atoms with E-state index in [9.17, 15) is 0 Å². The molecule has 0 spiro atoms. The minimum absolute atomic E-state index is 0.537. The molecule has 61 valence electrons. The van der Waals surface area contributed by atoms with Crippen LogP contribution in [0, 0.1) is 5.51 Å². The Morgan fingerprint density at radius 3 is 2.18 bits per heavy atom. The maximum atomic E-state index is 4.23. The fourth-order valence-electron chi connectivity index (χ4n) is 1.06. The summed E-state index contributed by atoms with van der Waals surface area (Å²) in [5.41, 5.74) is 4.18. The average Bonchev–Trinajstić information content (AvgIpc) is 2.32. The molecule has 1 heterocycles. The van der Waals surface area contributed by atoms with Gasteiger partial charge in [0.15, 0.2) is 5.51 Å². The van der Waals surface area contributed by atoms with Gasteiger partial charge in [-0.25, -0.2) is 4.98 Å². The molecule has 0 aliphatic carbocycles. The van der Waals surface area contributed by atoms with E-state index in [0.717, 1.165) is 0 Å². The summed E-state index contributed by atoms with van der Waals surface area (Å²) in [5.74, 6) is 1.13. The lowest BCUT2D eigenvalue weighted by Crippen LogP contribution is -1.94. The molecule has 0 N–H and O–H groups in total. The van der Waals surface area contributed by atoms with Gasteiger partial charge in [0, 0.05) is 4.88 Å². The molecule has 0 fully saturated rings. The van der Waals surface area contributed by atoms with E-state index in [1.165, 1.54) is 10.6 Å². The maximum absolute atomic E-state index is 4.23. The Bertz CT molecular complexity index is 203. The first-order valence-corrected chi connectivity index (χ1v) is 4.81. The highest BCUT2D eigenvalue weighted by molar-refractivity contribution is 7.09. The first-order chi connectivity index (χ1) is 5.13. The SMILES string of the molecule is CC(C)c1n[c]sc1C(C)C. The Morgan fingerprint density at radius 1 is 1.18 bits per heavy atom. The van der Waals surface area contributed by atoms with Crippen LogP contribution in [0.25, 0.3) is 0 Å². The van der Waals surface area contributed by atoms with Crippen LogP contribution in [-0.2, 0) is 0 Å². The number of thiazole rings is 1. The summed E-state index contributed by atoms with van der Waals surface area (Å²) in [4.78, 5) is 5.62. The van der Waals surface area contributed by atoms with E-state index in [2.05, 4.69) is 38.2 Å². The molecule has 0 saturated carbocycles. The van der Waals surface area contributed by atoms with Crippen molar-refractivity contribution >= 4 is 11.3 Å². The van der Waals surface area contributed by atoms with Gasteiger partial charge in [-0.3, -0.25) is 0 Å². The van der Waals surface area contributed by atoms with Gasteiger partial charge in [-0.1, -0.05) is 27.7 Å². The number of nitrogens with zero attached hydrogens (tertiary/aromatic N) is 1. The van der Waals surface area contributed by atoms with Gasteiger partial charge in [0.05, 0.1) is 5.69 Å². The summed E-state index contributed by atoms with van der Waals surface area (Å²) in [6, 6.07) is 0. The molecule has 0 bridgehead atoms. The zero-order valence-electron chi connectivity index (χ0n) is 7.51. The van der Waals surface area contributed by atoms with Crippen LogP contribution in [0.3, 0.4) is 0 Å². The Morgan fingerprint density at radius 2 is 1.82 bits per heavy atom. The van der Waals surface area contributed by atoms with Gasteiger partial charge in [-0.15, -0.1) is 11.3 Å². The van der Waals surface area contributed by atoms with Crippen molar-refractivity contribution in [3.05, 3.63) is 16.1 Å². The third-order valence-electron chi connectivity index (χ3n) is 1.65. The number of hydrogen-bond donors (Lipinski definition) is 0. The van der Waals surface area contributed by atoms with Gasteiger partial charge < -0.3 is 0 Å². The maximum Gasteiger partial charge on any atom is 0.152 e. The lowest BCUT2D eigenvalue weighted by molar-refractivity contribution is 0.780. The van der Waals surface area contributed by atoms with Crippen LogP contribution in [0.1, 0.15) is 50.1 Å². The molecule has 0 amide bonds. The Kier molecular flexibility index (Phi) is 2.66. The van der Waals surface area contributed by atoms with Crippen molar-refractivity contribution in [2.45, 2.75) is 39.5 Å². The van der Waals surface area contributed by atoms with Gasteiger partial charge in [0.1, 0.15) is 0 Å². The van der Waals surface area contributed by atoms with Crippen LogP contribution >= 0.6 is 11.3 Å². The third-order valence-corrected chi connectivity index (χ3v) is 2.73. The predicted octanol–water partition coefficient (Wildman–Crippen LogP) is 3.19. The van der Waals surface area contributed by atoms with Crippen LogP contribution in [0.2, 0.25) is 0 Å². The van der Waals surface area contributed by atoms with Crippen molar-refractivity contribution in [3.8, 4) is 0 Å². The molecule has 0 aliphatic rings. The standard InChI is InChI=1S/C9H14NS/c1-6(2)8-9(7(3)4)11-5-10-8/h6-7H,1-4H3. The van der Waals surface area contributed by atoms with Crippen molar-refractivity contribution in [1.29, 1.82) is 0 Å². The lowest BCUT2D eigenvalue weighted by atomic mass is 10.0. The van der Waals surface area contributed by atoms with E-state index in [1.807, 2.05) is 0 Å². The summed E-state index contributed by atoms with van der Waals surface area (Å²) >= 11 is 1.65. The van der Waals surface area contributed by atoms with E-state index in [0.29, 0.717) is 11.8 Å². The molecule has 1 radical (unpaired) electrons. The average molecular weight is 168 g/mol. The van der Waals surface area contributed by atoms with Crippen molar-refractivity contribution in [1.82, 2.24) is 4.98 Å². The van der Waals surface area contributed by atoms with Crippen molar-refractivity contribution in [2.24, 2.45) is 0 Å². The topological polar surface area (TPSA) is 12.9 Å². The molecule has 0 unspecified atom stereocenters. The quantitative estimate of drug-likeness (QED) is 0.661. The monoisotopic (exact) mass is 168 g/mol. The van der Waals surface area contributed by atoms with Gasteiger partial charge in [-0.05, 0) is 11.8 Å². The second kappa shape index (κ2) is 3.35. The van der Waals surface area contributed by atoms with Gasteiger partial charge in [0.2, 0.25) is 0 Å². The van der Waals surface area contributed by atoms with E-state index in [4.69, 9.17) is 0 Å². The van der Waals surface area contributed by atoms with E-state index >= 15 is 0 Å². The largest absolute Gasteiger partial charge is 0.238 e. The summed E-state index contributed by atoms with van der Waals surface area (Å²) in [7, 11) is 0. The van der Waals surface area contributed by atoms with Gasteiger partial charge in [0.25, 0.3) is 0 Å². The number of rotatable bonds is 2. The molecule has 11 heavy (non-hydrogen) atoms. The summed E-state index contributed by atoms with van der Waals surface area (Å²) in [5, 5.41) is 0. The second-order valence-corrected chi connectivity index (χ2v) is 4.19. The summed E-state index contributed by atoms with van der Waals surface area (Å²) in [6.07, 6.45) is 0. The van der Waals surface area contributed by atoms with E-state index < -0.39 is 0 Å². The third kappa shape index (κ3) is 1.80. The van der Waals surface area contributed by atoms with E-state index in [1.54, 1.807) is 11.3 Å². The fraction of sp³-hybridized carbons (Fsp3) is 0.667. The number of hydrogen-bond acceptors (Lipinski definition) is 2. The molecular formula is C9H14NS. The molecule has 0 aliphatic heterocycles. The zero-order valence-corrected chi connectivity index (χ0v) is 8.33. The molecule has 0 atom stereocenters. The number of aromatic nitrogens is 1. The Labute approximate surface area is 72.5 Å².